The molecule has 0 saturated heterocycles. The van der Waals surface area contributed by atoms with Gasteiger partial charge in [0.2, 0.25) is 5.22 Å². The Morgan fingerprint density at radius 2 is 2.33 bits per heavy atom. The van der Waals surface area contributed by atoms with Gasteiger partial charge in [-0.25, -0.2) is 4.79 Å². The third-order valence-corrected chi connectivity index (χ3v) is 1.36. The number of hydrogen-bond donors (Lipinski definition) is 1. The summed E-state index contributed by atoms with van der Waals surface area (Å²) >= 11 is 5.23. The summed E-state index contributed by atoms with van der Waals surface area (Å²) in [6.45, 7) is 0. The molecule has 7 heteroatoms. The molecule has 0 amide bonds. The van der Waals surface area contributed by atoms with Gasteiger partial charge >= 0.3 is 11.9 Å². The quantitative estimate of drug-likeness (QED) is 0.565. The van der Waals surface area contributed by atoms with Crippen LogP contribution in [-0.4, -0.2) is 16.0 Å². The van der Waals surface area contributed by atoms with Crippen molar-refractivity contribution < 1.29 is 19.2 Å². The number of carbonyl (C=O) groups is 1. The second kappa shape index (κ2) is 2.82. The Kier molecular flexibility index (Phi) is 2.01. The van der Waals surface area contributed by atoms with Crippen molar-refractivity contribution in [2.75, 3.05) is 0 Å². The normalized spacial score (nSPS) is 9.75. The molecule has 0 aliphatic rings. The van der Waals surface area contributed by atoms with Crippen molar-refractivity contribution in [3.63, 3.8) is 0 Å². The van der Waals surface area contributed by atoms with Crippen LogP contribution in [0, 0.1) is 10.1 Å². The van der Waals surface area contributed by atoms with Crippen molar-refractivity contribution in [1.29, 1.82) is 0 Å². The van der Waals surface area contributed by atoms with Crippen LogP contribution < -0.4 is 0 Å². The Morgan fingerprint density at radius 1 is 1.75 bits per heavy atom. The highest BCUT2D eigenvalue weighted by Crippen LogP contribution is 2.25. The van der Waals surface area contributed by atoms with Gasteiger partial charge in [-0.15, -0.1) is 0 Å². The van der Waals surface area contributed by atoms with Crippen molar-refractivity contribution in [2.45, 2.75) is 0 Å². The first-order valence-electron chi connectivity index (χ1n) is 2.69. The Morgan fingerprint density at radius 3 is 2.58 bits per heavy atom. The molecular formula is C5H2ClNO5. The van der Waals surface area contributed by atoms with Crippen molar-refractivity contribution in [1.82, 2.24) is 0 Å². The van der Waals surface area contributed by atoms with Crippen molar-refractivity contribution in [3.05, 3.63) is 27.0 Å². The van der Waals surface area contributed by atoms with Crippen LogP contribution in [-0.2, 0) is 0 Å². The predicted octanol–water partition coefficient (Wildman–Crippen LogP) is 1.54. The SMILES string of the molecule is O=C(O)c1cc([N+](=O)[O-])oc1Cl. The molecular weight excluding hydrogens is 190 g/mol. The molecule has 64 valence electrons. The van der Waals surface area contributed by atoms with E-state index in [0.717, 1.165) is 6.07 Å². The molecule has 0 radical (unpaired) electrons. The molecule has 0 aromatic carbocycles. The van der Waals surface area contributed by atoms with Crippen LogP contribution in [0.15, 0.2) is 10.5 Å². The van der Waals surface area contributed by atoms with Crippen LogP contribution in [0.4, 0.5) is 5.88 Å². The van der Waals surface area contributed by atoms with Gasteiger partial charge in [-0.05, 0) is 11.6 Å². The smallest absolute Gasteiger partial charge is 0.435 e. The number of carboxylic acids is 1. The minimum absolute atomic E-state index is 0.414. The van der Waals surface area contributed by atoms with E-state index in [4.69, 9.17) is 16.7 Å². The average Bonchev–Trinajstić information content (AvgIpc) is 2.30. The van der Waals surface area contributed by atoms with Gasteiger partial charge in [0.1, 0.15) is 10.5 Å². The van der Waals surface area contributed by atoms with Gasteiger partial charge in [-0.3, -0.25) is 10.1 Å². The van der Waals surface area contributed by atoms with Crippen LogP contribution in [0.5, 0.6) is 0 Å². The van der Waals surface area contributed by atoms with E-state index < -0.39 is 27.6 Å². The van der Waals surface area contributed by atoms with Crippen LogP contribution in [0.1, 0.15) is 10.4 Å². The zero-order valence-corrected chi connectivity index (χ0v) is 6.24. The number of rotatable bonds is 2. The van der Waals surface area contributed by atoms with Crippen LogP contribution >= 0.6 is 11.6 Å². The molecule has 0 atom stereocenters. The first-order chi connectivity index (χ1) is 5.52. The number of aromatic carboxylic acids is 1. The van der Waals surface area contributed by atoms with Crippen molar-refractivity contribution >= 4 is 23.5 Å². The molecule has 1 aromatic rings. The lowest BCUT2D eigenvalue weighted by Gasteiger charge is -1.81. The van der Waals surface area contributed by atoms with Crippen molar-refractivity contribution in [2.24, 2.45) is 0 Å². The molecule has 1 heterocycles. The summed E-state index contributed by atoms with van der Waals surface area (Å²) in [5.74, 6) is -2.05. The van der Waals surface area contributed by atoms with Gasteiger partial charge in [0.05, 0.1) is 6.07 Å². The number of nitro groups is 1. The second-order valence-electron chi connectivity index (χ2n) is 1.83. The fraction of sp³-hybridized carbons (Fsp3) is 0. The number of halogens is 1. The lowest BCUT2D eigenvalue weighted by atomic mass is 10.3. The van der Waals surface area contributed by atoms with Gasteiger partial charge in [-0.2, -0.15) is 0 Å². The fourth-order valence-electron chi connectivity index (χ4n) is 0.592. The highest BCUT2D eigenvalue weighted by Gasteiger charge is 2.21. The topological polar surface area (TPSA) is 93.6 Å². The van der Waals surface area contributed by atoms with Crippen LogP contribution in [0.25, 0.3) is 0 Å². The van der Waals surface area contributed by atoms with E-state index in [2.05, 4.69) is 4.42 Å². The Bertz CT molecular complexity index is 344. The van der Waals surface area contributed by atoms with Crippen LogP contribution in [0.3, 0.4) is 0 Å². The molecule has 0 fully saturated rings. The average molecular weight is 192 g/mol. The standard InChI is InChI=1S/C5H2ClNO5/c6-4-2(5(8)9)1-3(12-4)7(10)11/h1H,(H,8,9). The zero-order chi connectivity index (χ0) is 9.30. The predicted molar refractivity (Wildman–Crippen MR) is 37.3 cm³/mol. The van der Waals surface area contributed by atoms with E-state index in [1.54, 1.807) is 0 Å². The van der Waals surface area contributed by atoms with Crippen molar-refractivity contribution in [3.8, 4) is 0 Å². The number of carboxylic acid groups (broad SMARTS) is 1. The van der Waals surface area contributed by atoms with Gasteiger partial charge in [0.15, 0.2) is 0 Å². The third-order valence-electron chi connectivity index (χ3n) is 1.08. The number of furan rings is 1. The molecule has 0 unspecified atom stereocenters. The summed E-state index contributed by atoms with van der Waals surface area (Å²) in [7, 11) is 0. The fourth-order valence-corrected chi connectivity index (χ4v) is 0.807. The van der Waals surface area contributed by atoms with E-state index >= 15 is 0 Å². The van der Waals surface area contributed by atoms with Gasteiger partial charge in [-0.1, -0.05) is 0 Å². The largest absolute Gasteiger partial charge is 0.478 e. The lowest BCUT2D eigenvalue weighted by Crippen LogP contribution is -1.93. The Labute approximate surface area is 70.5 Å². The summed E-state index contributed by atoms with van der Waals surface area (Å²) in [5.41, 5.74) is -0.414. The molecule has 0 saturated carbocycles. The Hall–Kier alpha value is -1.56. The molecule has 1 aromatic heterocycles. The van der Waals surface area contributed by atoms with Gasteiger partial charge in [0, 0.05) is 0 Å². The first kappa shape index (κ1) is 8.54. The maximum absolute atomic E-state index is 10.3. The maximum Gasteiger partial charge on any atom is 0.435 e. The van der Waals surface area contributed by atoms with E-state index in [1.165, 1.54) is 0 Å². The monoisotopic (exact) mass is 191 g/mol. The second-order valence-corrected chi connectivity index (χ2v) is 2.18. The number of hydrogen-bond acceptors (Lipinski definition) is 4. The van der Waals surface area contributed by atoms with E-state index in [1.807, 2.05) is 0 Å². The van der Waals surface area contributed by atoms with Gasteiger partial charge in [0.25, 0.3) is 0 Å². The maximum atomic E-state index is 10.3. The summed E-state index contributed by atoms with van der Waals surface area (Å²) in [6.07, 6.45) is 0. The summed E-state index contributed by atoms with van der Waals surface area (Å²) in [5, 5.41) is 18.0. The molecule has 1 N–H and O–H groups in total. The highest BCUT2D eigenvalue weighted by atomic mass is 35.5. The van der Waals surface area contributed by atoms with Gasteiger partial charge < -0.3 is 9.52 Å². The summed E-state index contributed by atoms with van der Waals surface area (Å²) in [6, 6.07) is 0.755. The molecule has 0 aliphatic heterocycles. The molecule has 0 bridgehead atoms. The molecule has 0 spiro atoms. The molecule has 0 aliphatic carbocycles. The number of nitrogens with zero attached hydrogens (tertiary/aromatic N) is 1. The van der Waals surface area contributed by atoms with Crippen LogP contribution in [0.2, 0.25) is 5.22 Å². The van der Waals surface area contributed by atoms with E-state index in [9.17, 15) is 14.9 Å². The molecule has 1 rings (SSSR count). The zero-order valence-electron chi connectivity index (χ0n) is 5.48. The van der Waals surface area contributed by atoms with E-state index in [0.29, 0.717) is 0 Å². The van der Waals surface area contributed by atoms with E-state index in [-0.39, 0.29) is 0 Å². The Balaban J connectivity index is 3.17. The highest BCUT2D eigenvalue weighted by molar-refractivity contribution is 6.31. The lowest BCUT2D eigenvalue weighted by molar-refractivity contribution is -0.402. The first-order valence-corrected chi connectivity index (χ1v) is 3.07. The summed E-state index contributed by atoms with van der Waals surface area (Å²) < 4.78 is 4.32. The minimum atomic E-state index is -1.36. The summed E-state index contributed by atoms with van der Waals surface area (Å²) in [4.78, 5) is 19.5. The molecule has 12 heavy (non-hydrogen) atoms. The third kappa shape index (κ3) is 1.37. The minimum Gasteiger partial charge on any atom is -0.478 e. The molecule has 6 nitrogen and oxygen atoms in total.